The number of para-hydroxylation sites is 3. The van der Waals surface area contributed by atoms with E-state index in [1.54, 1.807) is 18.4 Å². The number of benzene rings is 2. The van der Waals surface area contributed by atoms with Crippen molar-refractivity contribution in [3.63, 3.8) is 0 Å². The van der Waals surface area contributed by atoms with Crippen LogP contribution >= 0.6 is 11.3 Å². The Balaban J connectivity index is 1.47. The van der Waals surface area contributed by atoms with E-state index in [9.17, 15) is 4.79 Å². The van der Waals surface area contributed by atoms with Crippen molar-refractivity contribution in [3.05, 3.63) is 53.5 Å². The van der Waals surface area contributed by atoms with Gasteiger partial charge in [0.25, 0.3) is 0 Å². The molecule has 2 heterocycles. The van der Waals surface area contributed by atoms with E-state index >= 15 is 0 Å². The van der Waals surface area contributed by atoms with Gasteiger partial charge in [0.1, 0.15) is 10.8 Å². The molecule has 2 aromatic carbocycles. The molecule has 0 spiro atoms. The number of nitrogens with one attached hydrogen (secondary N) is 1. The summed E-state index contributed by atoms with van der Waals surface area (Å²) in [6.45, 7) is 1.28. The highest BCUT2D eigenvalue weighted by atomic mass is 32.1. The van der Waals surface area contributed by atoms with E-state index in [0.29, 0.717) is 18.0 Å². The average molecular weight is 367 g/mol. The monoisotopic (exact) mass is 367 g/mol. The molecule has 1 aliphatic heterocycles. The predicted octanol–water partition coefficient (Wildman–Crippen LogP) is 4.08. The smallest absolute Gasteiger partial charge is 0.238 e. The third-order valence-corrected chi connectivity index (χ3v) is 5.82. The van der Waals surface area contributed by atoms with Crippen LogP contribution in [0.15, 0.2) is 48.5 Å². The van der Waals surface area contributed by atoms with E-state index in [2.05, 4.69) is 16.3 Å². The van der Waals surface area contributed by atoms with Gasteiger partial charge in [-0.05, 0) is 43.7 Å². The van der Waals surface area contributed by atoms with Gasteiger partial charge in [-0.3, -0.25) is 9.69 Å². The molecule has 5 nitrogen and oxygen atoms in total. The first-order valence-corrected chi connectivity index (χ1v) is 9.58. The van der Waals surface area contributed by atoms with Gasteiger partial charge in [-0.15, -0.1) is 11.3 Å². The van der Waals surface area contributed by atoms with Crippen LogP contribution in [0.25, 0.3) is 10.2 Å². The van der Waals surface area contributed by atoms with Crippen molar-refractivity contribution in [2.45, 2.75) is 18.9 Å². The van der Waals surface area contributed by atoms with E-state index in [1.807, 2.05) is 42.5 Å². The van der Waals surface area contributed by atoms with Crippen LogP contribution in [0.1, 0.15) is 23.9 Å². The van der Waals surface area contributed by atoms with Crippen molar-refractivity contribution in [1.82, 2.24) is 9.88 Å². The maximum absolute atomic E-state index is 12.6. The van der Waals surface area contributed by atoms with Crippen LogP contribution in [-0.2, 0) is 4.79 Å². The fourth-order valence-corrected chi connectivity index (χ4v) is 4.59. The summed E-state index contributed by atoms with van der Waals surface area (Å²) in [5, 5.41) is 4.07. The molecule has 1 atom stereocenters. The molecule has 4 rings (SSSR count). The van der Waals surface area contributed by atoms with Crippen LogP contribution in [0, 0.1) is 0 Å². The summed E-state index contributed by atoms with van der Waals surface area (Å²) in [5.74, 6) is 0.646. The number of fused-ring (bicyclic) bond motifs is 1. The Bertz CT molecular complexity index is 891. The maximum Gasteiger partial charge on any atom is 0.238 e. The number of carbonyl (C=O) groups is 1. The number of hydrogen-bond donors (Lipinski definition) is 1. The quantitative estimate of drug-likeness (QED) is 0.738. The first kappa shape index (κ1) is 17.0. The van der Waals surface area contributed by atoms with Gasteiger partial charge in [-0.25, -0.2) is 4.98 Å². The Hall–Kier alpha value is -2.44. The number of aromatic nitrogens is 1. The molecule has 0 saturated carbocycles. The molecule has 1 N–H and O–H groups in total. The molecule has 0 unspecified atom stereocenters. The first-order valence-electron chi connectivity index (χ1n) is 8.77. The van der Waals surface area contributed by atoms with Crippen LogP contribution in [-0.4, -0.2) is 36.0 Å². The minimum Gasteiger partial charge on any atom is -0.495 e. The molecular weight excluding hydrogens is 346 g/mol. The van der Waals surface area contributed by atoms with Crippen molar-refractivity contribution < 1.29 is 9.53 Å². The third kappa shape index (κ3) is 3.43. The van der Waals surface area contributed by atoms with Gasteiger partial charge in [0.05, 0.1) is 35.6 Å². The Morgan fingerprint density at radius 2 is 2.08 bits per heavy atom. The number of thiazole rings is 1. The molecular formula is C20H21N3O2S. The number of anilines is 1. The van der Waals surface area contributed by atoms with Crippen molar-refractivity contribution in [3.8, 4) is 5.75 Å². The zero-order valence-corrected chi connectivity index (χ0v) is 15.5. The number of carbonyl (C=O) groups excluding carboxylic acids is 1. The second kappa shape index (κ2) is 7.43. The van der Waals surface area contributed by atoms with E-state index in [4.69, 9.17) is 9.72 Å². The SMILES string of the molecule is COc1ccccc1NC(=O)CN1CCC[C@@H]1c1nc2ccccc2s1. The summed E-state index contributed by atoms with van der Waals surface area (Å²) >= 11 is 1.73. The maximum atomic E-state index is 12.6. The Kier molecular flexibility index (Phi) is 4.86. The van der Waals surface area contributed by atoms with E-state index in [-0.39, 0.29) is 11.9 Å². The molecule has 1 saturated heterocycles. The predicted molar refractivity (Wildman–Crippen MR) is 105 cm³/mol. The minimum absolute atomic E-state index is 0.0255. The molecule has 0 aliphatic carbocycles. The van der Waals surface area contributed by atoms with Crippen molar-refractivity contribution in [2.24, 2.45) is 0 Å². The largest absolute Gasteiger partial charge is 0.495 e. The summed E-state index contributed by atoms with van der Waals surface area (Å²) in [5.41, 5.74) is 1.74. The summed E-state index contributed by atoms with van der Waals surface area (Å²) in [7, 11) is 1.61. The molecule has 3 aromatic rings. The number of rotatable bonds is 5. The Morgan fingerprint density at radius 1 is 1.27 bits per heavy atom. The lowest BCUT2D eigenvalue weighted by Gasteiger charge is -2.22. The van der Waals surface area contributed by atoms with Gasteiger partial charge in [0.15, 0.2) is 0 Å². The topological polar surface area (TPSA) is 54.5 Å². The number of methoxy groups -OCH3 is 1. The lowest BCUT2D eigenvalue weighted by molar-refractivity contribution is -0.117. The van der Waals surface area contributed by atoms with Crippen molar-refractivity contribution in [1.29, 1.82) is 0 Å². The lowest BCUT2D eigenvalue weighted by atomic mass is 10.2. The molecule has 1 fully saturated rings. The third-order valence-electron chi connectivity index (χ3n) is 4.69. The Morgan fingerprint density at radius 3 is 2.92 bits per heavy atom. The van der Waals surface area contributed by atoms with Crippen LogP contribution in [0.3, 0.4) is 0 Å². The second-order valence-corrected chi connectivity index (χ2v) is 7.46. The van der Waals surface area contributed by atoms with Gasteiger partial charge in [-0.2, -0.15) is 0 Å². The van der Waals surface area contributed by atoms with Gasteiger partial charge in [0, 0.05) is 0 Å². The van der Waals surface area contributed by atoms with Crippen LogP contribution in [0.4, 0.5) is 5.69 Å². The fourth-order valence-electron chi connectivity index (χ4n) is 3.45. The molecule has 0 bridgehead atoms. The summed E-state index contributed by atoms with van der Waals surface area (Å²) in [6, 6.07) is 15.9. The molecule has 26 heavy (non-hydrogen) atoms. The zero-order chi connectivity index (χ0) is 17.9. The highest BCUT2D eigenvalue weighted by molar-refractivity contribution is 7.18. The van der Waals surface area contributed by atoms with E-state index in [0.717, 1.165) is 29.9 Å². The average Bonchev–Trinajstić information content (AvgIpc) is 3.28. The summed E-state index contributed by atoms with van der Waals surface area (Å²) in [6.07, 6.45) is 2.13. The first-order chi connectivity index (χ1) is 12.7. The van der Waals surface area contributed by atoms with Gasteiger partial charge < -0.3 is 10.1 Å². The number of hydrogen-bond acceptors (Lipinski definition) is 5. The molecule has 1 aromatic heterocycles. The van der Waals surface area contributed by atoms with E-state index in [1.165, 1.54) is 4.70 Å². The van der Waals surface area contributed by atoms with E-state index < -0.39 is 0 Å². The van der Waals surface area contributed by atoms with Gasteiger partial charge in [0.2, 0.25) is 5.91 Å². The highest BCUT2D eigenvalue weighted by Crippen LogP contribution is 2.36. The molecule has 6 heteroatoms. The van der Waals surface area contributed by atoms with Gasteiger partial charge >= 0.3 is 0 Å². The highest BCUT2D eigenvalue weighted by Gasteiger charge is 2.30. The number of likely N-dealkylation sites (tertiary alicyclic amines) is 1. The summed E-state index contributed by atoms with van der Waals surface area (Å²) in [4.78, 5) is 19.6. The Labute approximate surface area is 156 Å². The fraction of sp³-hybridized carbons (Fsp3) is 0.300. The number of ether oxygens (including phenoxy) is 1. The number of nitrogens with zero attached hydrogens (tertiary/aromatic N) is 2. The van der Waals surface area contributed by atoms with Crippen molar-refractivity contribution >= 4 is 33.1 Å². The van der Waals surface area contributed by atoms with Crippen molar-refractivity contribution in [2.75, 3.05) is 25.5 Å². The number of amides is 1. The van der Waals surface area contributed by atoms with Crippen LogP contribution in [0.5, 0.6) is 5.75 Å². The molecule has 134 valence electrons. The minimum atomic E-state index is -0.0255. The lowest BCUT2D eigenvalue weighted by Crippen LogP contribution is -2.33. The second-order valence-electron chi connectivity index (χ2n) is 6.40. The molecule has 0 radical (unpaired) electrons. The molecule has 1 aliphatic rings. The van der Waals surface area contributed by atoms with Crippen LogP contribution < -0.4 is 10.1 Å². The normalized spacial score (nSPS) is 17.5. The van der Waals surface area contributed by atoms with Gasteiger partial charge in [-0.1, -0.05) is 24.3 Å². The summed E-state index contributed by atoms with van der Waals surface area (Å²) < 4.78 is 6.51. The molecule has 1 amide bonds. The van der Waals surface area contributed by atoms with Crippen LogP contribution in [0.2, 0.25) is 0 Å². The standard InChI is InChI=1S/C20H21N3O2S/c1-25-17-10-4-2-7-14(17)21-19(24)13-23-12-6-9-16(23)20-22-15-8-3-5-11-18(15)26-20/h2-5,7-8,10-11,16H,6,9,12-13H2,1H3,(H,21,24)/t16-/m1/s1. The zero-order valence-electron chi connectivity index (χ0n) is 14.6.